The van der Waals surface area contributed by atoms with Crippen LogP contribution < -0.4 is 10.2 Å². The maximum Gasteiger partial charge on any atom is 0.141 e. The number of anilines is 1. The number of likely N-dealkylation sites (N-methyl/N-ethyl adjacent to an activating group) is 1. The Hall–Kier alpha value is -1.20. The molecule has 1 aliphatic heterocycles. The minimum absolute atomic E-state index is 0.579. The van der Waals surface area contributed by atoms with Gasteiger partial charge in [-0.2, -0.15) is 0 Å². The highest BCUT2D eigenvalue weighted by atomic mass is 32.1. The molecule has 0 saturated carbocycles. The lowest BCUT2D eigenvalue weighted by atomic mass is 10.2. The second kappa shape index (κ2) is 4.48. The van der Waals surface area contributed by atoms with Crippen LogP contribution in [-0.2, 0) is 0 Å². The summed E-state index contributed by atoms with van der Waals surface area (Å²) in [7, 11) is 2.03. The number of fused-ring (bicyclic) bond motifs is 1. The first-order chi connectivity index (χ1) is 8.70. The summed E-state index contributed by atoms with van der Waals surface area (Å²) < 4.78 is 0. The lowest BCUT2D eigenvalue weighted by Crippen LogP contribution is -2.30. The van der Waals surface area contributed by atoms with E-state index in [9.17, 15) is 0 Å². The van der Waals surface area contributed by atoms with Crippen LogP contribution in [0.3, 0.4) is 0 Å². The molecule has 1 saturated heterocycles. The van der Waals surface area contributed by atoms with Crippen molar-refractivity contribution in [1.82, 2.24) is 15.3 Å². The van der Waals surface area contributed by atoms with Gasteiger partial charge in [-0.15, -0.1) is 11.3 Å². The molecule has 5 heteroatoms. The molecule has 2 aromatic rings. The van der Waals surface area contributed by atoms with Gasteiger partial charge < -0.3 is 10.2 Å². The lowest BCUT2D eigenvalue weighted by molar-refractivity contribution is 0.616. The average Bonchev–Trinajstić information content (AvgIpc) is 2.95. The summed E-state index contributed by atoms with van der Waals surface area (Å²) in [6, 6.07) is 0.579. The molecule has 3 rings (SSSR count). The van der Waals surface area contributed by atoms with Crippen LogP contribution in [0.1, 0.15) is 16.9 Å². The monoisotopic (exact) mass is 262 g/mol. The predicted octanol–water partition coefficient (Wildman–Crippen LogP) is 2.11. The molecule has 2 aromatic heterocycles. The second-order valence-corrected chi connectivity index (χ2v) is 6.08. The molecule has 1 atom stereocenters. The van der Waals surface area contributed by atoms with Gasteiger partial charge in [-0.3, -0.25) is 0 Å². The maximum atomic E-state index is 4.53. The second-order valence-electron chi connectivity index (χ2n) is 4.88. The summed E-state index contributed by atoms with van der Waals surface area (Å²) in [5, 5.41) is 4.60. The predicted molar refractivity (Wildman–Crippen MR) is 76.6 cm³/mol. The van der Waals surface area contributed by atoms with Crippen LogP contribution in [-0.4, -0.2) is 36.1 Å². The molecule has 1 fully saturated rings. The van der Waals surface area contributed by atoms with Gasteiger partial charge in [0.05, 0.1) is 5.39 Å². The van der Waals surface area contributed by atoms with E-state index in [0.29, 0.717) is 6.04 Å². The van der Waals surface area contributed by atoms with Crippen molar-refractivity contribution < 1.29 is 0 Å². The van der Waals surface area contributed by atoms with Crippen LogP contribution >= 0.6 is 11.3 Å². The molecule has 18 heavy (non-hydrogen) atoms. The Kier molecular flexibility index (Phi) is 2.95. The van der Waals surface area contributed by atoms with E-state index in [1.54, 1.807) is 17.7 Å². The van der Waals surface area contributed by atoms with Gasteiger partial charge >= 0.3 is 0 Å². The maximum absolute atomic E-state index is 4.53. The third-order valence-electron chi connectivity index (χ3n) is 3.84. The van der Waals surface area contributed by atoms with Crippen LogP contribution in [0.15, 0.2) is 6.33 Å². The Morgan fingerprint density at radius 3 is 2.94 bits per heavy atom. The Balaban J connectivity index is 2.07. The lowest BCUT2D eigenvalue weighted by Gasteiger charge is -2.18. The highest BCUT2D eigenvalue weighted by Gasteiger charge is 2.24. The van der Waals surface area contributed by atoms with Gasteiger partial charge in [0.25, 0.3) is 0 Å². The van der Waals surface area contributed by atoms with E-state index in [1.807, 2.05) is 7.05 Å². The summed E-state index contributed by atoms with van der Waals surface area (Å²) in [4.78, 5) is 13.8. The zero-order valence-corrected chi connectivity index (χ0v) is 11.8. The largest absolute Gasteiger partial charge is 0.354 e. The molecule has 0 aliphatic carbocycles. The van der Waals surface area contributed by atoms with Crippen molar-refractivity contribution in [3.05, 3.63) is 16.8 Å². The Bertz CT molecular complexity index is 578. The SMILES string of the molecule is CNC1CCN(c2ncnc3sc(C)c(C)c23)C1. The summed E-state index contributed by atoms with van der Waals surface area (Å²) in [5.41, 5.74) is 1.33. The normalized spacial score (nSPS) is 19.9. The zero-order chi connectivity index (χ0) is 12.7. The van der Waals surface area contributed by atoms with Crippen molar-refractivity contribution in [1.29, 1.82) is 0 Å². The third kappa shape index (κ3) is 1.78. The van der Waals surface area contributed by atoms with E-state index in [0.717, 1.165) is 23.7 Å². The average molecular weight is 262 g/mol. The first kappa shape index (κ1) is 11.9. The molecular weight excluding hydrogens is 244 g/mol. The van der Waals surface area contributed by atoms with Gasteiger partial charge in [0.1, 0.15) is 17.0 Å². The van der Waals surface area contributed by atoms with Crippen molar-refractivity contribution in [2.45, 2.75) is 26.3 Å². The van der Waals surface area contributed by atoms with E-state index < -0.39 is 0 Å². The van der Waals surface area contributed by atoms with Gasteiger partial charge in [-0.1, -0.05) is 0 Å². The van der Waals surface area contributed by atoms with Gasteiger partial charge in [-0.05, 0) is 32.9 Å². The Labute approximate surface area is 111 Å². The molecular formula is C13H18N4S. The number of aryl methyl sites for hydroxylation is 2. The summed E-state index contributed by atoms with van der Waals surface area (Å²) in [6.07, 6.45) is 2.88. The first-order valence-corrected chi connectivity index (χ1v) is 7.15. The van der Waals surface area contributed by atoms with Gasteiger partial charge in [0.2, 0.25) is 0 Å². The van der Waals surface area contributed by atoms with E-state index in [-0.39, 0.29) is 0 Å². The van der Waals surface area contributed by atoms with Crippen LogP contribution in [0, 0.1) is 13.8 Å². The van der Waals surface area contributed by atoms with Gasteiger partial charge in [0, 0.05) is 24.0 Å². The van der Waals surface area contributed by atoms with Crippen LogP contribution in [0.25, 0.3) is 10.2 Å². The number of nitrogens with one attached hydrogen (secondary N) is 1. The summed E-state index contributed by atoms with van der Waals surface area (Å²) in [5.74, 6) is 1.11. The van der Waals surface area contributed by atoms with E-state index in [1.165, 1.54) is 22.2 Å². The quantitative estimate of drug-likeness (QED) is 0.900. The molecule has 96 valence electrons. The Morgan fingerprint density at radius 1 is 1.39 bits per heavy atom. The topological polar surface area (TPSA) is 41.0 Å². The number of rotatable bonds is 2. The highest BCUT2D eigenvalue weighted by molar-refractivity contribution is 7.18. The molecule has 0 bridgehead atoms. The van der Waals surface area contributed by atoms with Gasteiger partial charge in [0.15, 0.2) is 0 Å². The number of aromatic nitrogens is 2. The molecule has 0 aromatic carbocycles. The molecule has 4 nitrogen and oxygen atoms in total. The van der Waals surface area contributed by atoms with Crippen molar-refractivity contribution >= 4 is 27.4 Å². The number of hydrogen-bond acceptors (Lipinski definition) is 5. The van der Waals surface area contributed by atoms with E-state index in [4.69, 9.17) is 0 Å². The fourth-order valence-corrected chi connectivity index (χ4v) is 3.58. The van der Waals surface area contributed by atoms with Crippen LogP contribution in [0.2, 0.25) is 0 Å². The minimum Gasteiger partial charge on any atom is -0.354 e. The third-order valence-corrected chi connectivity index (χ3v) is 4.96. The standard InChI is InChI=1S/C13H18N4S/c1-8-9(2)18-13-11(8)12(15-7-16-13)17-5-4-10(6-17)14-3/h7,10,14H,4-6H2,1-3H3. The fourth-order valence-electron chi connectivity index (χ4n) is 2.59. The number of thiophene rings is 1. The van der Waals surface area contributed by atoms with E-state index >= 15 is 0 Å². The van der Waals surface area contributed by atoms with Crippen molar-refractivity contribution in [2.24, 2.45) is 0 Å². The molecule has 0 amide bonds. The molecule has 1 aliphatic rings. The Morgan fingerprint density at radius 2 is 2.22 bits per heavy atom. The molecule has 1 unspecified atom stereocenters. The molecule has 3 heterocycles. The van der Waals surface area contributed by atoms with Crippen LogP contribution in [0.5, 0.6) is 0 Å². The van der Waals surface area contributed by atoms with E-state index in [2.05, 4.69) is 34.0 Å². The minimum atomic E-state index is 0.579. The van der Waals surface area contributed by atoms with Crippen LogP contribution in [0.4, 0.5) is 5.82 Å². The molecule has 1 N–H and O–H groups in total. The summed E-state index contributed by atoms with van der Waals surface area (Å²) >= 11 is 1.76. The zero-order valence-electron chi connectivity index (χ0n) is 11.0. The molecule has 0 radical (unpaired) electrons. The fraction of sp³-hybridized carbons (Fsp3) is 0.538. The summed E-state index contributed by atoms with van der Waals surface area (Å²) in [6.45, 7) is 6.45. The number of hydrogen-bond donors (Lipinski definition) is 1. The molecule has 0 spiro atoms. The smallest absolute Gasteiger partial charge is 0.141 e. The van der Waals surface area contributed by atoms with Crippen molar-refractivity contribution in [2.75, 3.05) is 25.0 Å². The highest BCUT2D eigenvalue weighted by Crippen LogP contribution is 2.35. The van der Waals surface area contributed by atoms with Crippen molar-refractivity contribution in [3.63, 3.8) is 0 Å². The first-order valence-electron chi connectivity index (χ1n) is 6.33. The van der Waals surface area contributed by atoms with Crippen molar-refractivity contribution in [3.8, 4) is 0 Å². The van der Waals surface area contributed by atoms with Gasteiger partial charge in [-0.25, -0.2) is 9.97 Å². The number of nitrogens with zero attached hydrogens (tertiary/aromatic N) is 3.